The van der Waals surface area contributed by atoms with Crippen LogP contribution in [0.3, 0.4) is 0 Å². The Balaban J connectivity index is 1.47. The average molecular weight is 299 g/mol. The molecular weight excluding hydrogens is 285 g/mol. The van der Waals surface area contributed by atoms with E-state index in [4.69, 9.17) is 0 Å². The van der Waals surface area contributed by atoms with Crippen LogP contribution in [0.15, 0.2) is 36.8 Å². The summed E-state index contributed by atoms with van der Waals surface area (Å²) in [6.07, 6.45) is 2.85. The van der Waals surface area contributed by atoms with Crippen molar-refractivity contribution < 1.29 is 4.39 Å². The minimum atomic E-state index is -0.311. The molecule has 0 aliphatic carbocycles. The van der Waals surface area contributed by atoms with Crippen LogP contribution in [-0.4, -0.2) is 51.0 Å². The lowest BCUT2D eigenvalue weighted by atomic mass is 10.3. The highest BCUT2D eigenvalue weighted by molar-refractivity contribution is 5.47. The molecule has 0 atom stereocenters. The fourth-order valence-electron chi connectivity index (χ4n) is 2.61. The van der Waals surface area contributed by atoms with E-state index in [0.29, 0.717) is 0 Å². The van der Waals surface area contributed by atoms with Gasteiger partial charge in [-0.2, -0.15) is 4.52 Å². The van der Waals surface area contributed by atoms with Crippen LogP contribution in [0.4, 0.5) is 16.0 Å². The van der Waals surface area contributed by atoms with Gasteiger partial charge in [0.05, 0.1) is 6.20 Å². The van der Waals surface area contributed by atoms with Gasteiger partial charge in [0, 0.05) is 26.2 Å². The molecule has 3 aromatic heterocycles. The number of nitrogens with zero attached hydrogens (tertiary/aromatic N) is 7. The summed E-state index contributed by atoms with van der Waals surface area (Å²) in [5, 5.41) is 12.3. The van der Waals surface area contributed by atoms with Gasteiger partial charge in [0.15, 0.2) is 5.65 Å². The van der Waals surface area contributed by atoms with Crippen LogP contribution in [0.2, 0.25) is 0 Å². The Morgan fingerprint density at radius 3 is 2.36 bits per heavy atom. The van der Waals surface area contributed by atoms with Gasteiger partial charge in [-0.25, -0.2) is 9.37 Å². The smallest absolute Gasteiger partial charge is 0.177 e. The predicted molar refractivity (Wildman–Crippen MR) is 79.4 cm³/mol. The van der Waals surface area contributed by atoms with Crippen molar-refractivity contribution in [3.63, 3.8) is 0 Å². The molecule has 3 aromatic rings. The summed E-state index contributed by atoms with van der Waals surface area (Å²) in [6, 6.07) is 7.02. The first kappa shape index (κ1) is 12.9. The fraction of sp³-hybridized carbons (Fsp3) is 0.286. The van der Waals surface area contributed by atoms with Crippen LogP contribution in [0.1, 0.15) is 0 Å². The monoisotopic (exact) mass is 299 g/mol. The van der Waals surface area contributed by atoms with Crippen molar-refractivity contribution in [1.82, 2.24) is 24.8 Å². The summed E-state index contributed by atoms with van der Waals surface area (Å²) in [6.45, 7) is 3.31. The van der Waals surface area contributed by atoms with Crippen molar-refractivity contribution in [3.8, 4) is 0 Å². The number of piperazine rings is 1. The van der Waals surface area contributed by atoms with E-state index in [9.17, 15) is 4.39 Å². The Kier molecular flexibility index (Phi) is 3.06. The minimum Gasteiger partial charge on any atom is -0.353 e. The number of pyridine rings is 1. The molecule has 22 heavy (non-hydrogen) atoms. The van der Waals surface area contributed by atoms with Crippen LogP contribution in [0.5, 0.6) is 0 Å². The molecule has 1 fully saturated rings. The van der Waals surface area contributed by atoms with Crippen LogP contribution in [0.25, 0.3) is 5.65 Å². The van der Waals surface area contributed by atoms with Crippen molar-refractivity contribution >= 4 is 17.3 Å². The number of hydrogen-bond acceptors (Lipinski definition) is 6. The maximum absolute atomic E-state index is 12.9. The van der Waals surface area contributed by atoms with Crippen molar-refractivity contribution in [3.05, 3.63) is 42.6 Å². The minimum absolute atomic E-state index is 0.311. The van der Waals surface area contributed by atoms with Crippen molar-refractivity contribution in [2.45, 2.75) is 0 Å². The van der Waals surface area contributed by atoms with Gasteiger partial charge in [-0.1, -0.05) is 0 Å². The lowest BCUT2D eigenvalue weighted by Gasteiger charge is -2.35. The second-order valence-electron chi connectivity index (χ2n) is 5.13. The molecule has 0 saturated carbocycles. The van der Waals surface area contributed by atoms with Crippen LogP contribution < -0.4 is 9.80 Å². The fourth-order valence-corrected chi connectivity index (χ4v) is 2.61. The second-order valence-corrected chi connectivity index (χ2v) is 5.13. The van der Waals surface area contributed by atoms with E-state index in [-0.39, 0.29) is 5.82 Å². The van der Waals surface area contributed by atoms with Crippen LogP contribution >= 0.6 is 0 Å². The molecule has 1 aliphatic rings. The van der Waals surface area contributed by atoms with E-state index in [0.717, 1.165) is 43.5 Å². The third-order valence-electron chi connectivity index (χ3n) is 3.79. The molecule has 0 radical (unpaired) electrons. The maximum Gasteiger partial charge on any atom is 0.177 e. The quantitative estimate of drug-likeness (QED) is 0.703. The number of rotatable bonds is 2. The average Bonchev–Trinajstić information content (AvgIpc) is 3.03. The molecule has 0 bridgehead atoms. The highest BCUT2D eigenvalue weighted by atomic mass is 19.1. The molecule has 8 heteroatoms. The third kappa shape index (κ3) is 2.32. The highest BCUT2D eigenvalue weighted by Gasteiger charge is 2.19. The van der Waals surface area contributed by atoms with Gasteiger partial charge in [-0.3, -0.25) is 0 Å². The van der Waals surface area contributed by atoms with E-state index >= 15 is 0 Å². The highest BCUT2D eigenvalue weighted by Crippen LogP contribution is 2.17. The van der Waals surface area contributed by atoms with Gasteiger partial charge in [0.2, 0.25) is 0 Å². The van der Waals surface area contributed by atoms with E-state index in [1.165, 1.54) is 12.3 Å². The van der Waals surface area contributed by atoms with E-state index in [1.807, 2.05) is 12.1 Å². The van der Waals surface area contributed by atoms with Crippen molar-refractivity contribution in [1.29, 1.82) is 0 Å². The molecular formula is C14H14FN7. The lowest BCUT2D eigenvalue weighted by molar-refractivity contribution is 0.613. The standard InChI is InChI=1S/C14H14FN7/c15-11-1-2-12(16-9-11)20-5-7-21(8-6-20)14-4-3-13-18-17-10-22(13)19-14/h1-4,9-10H,5-8H2. The first-order chi connectivity index (χ1) is 10.8. The molecule has 4 rings (SSSR count). The number of fused-ring (bicyclic) bond motifs is 1. The molecule has 112 valence electrons. The van der Waals surface area contributed by atoms with Crippen molar-refractivity contribution in [2.75, 3.05) is 36.0 Å². The number of aromatic nitrogens is 5. The molecule has 0 unspecified atom stereocenters. The first-order valence-electron chi connectivity index (χ1n) is 7.08. The van der Waals surface area contributed by atoms with Gasteiger partial charge in [0.25, 0.3) is 0 Å². The molecule has 0 spiro atoms. The molecule has 1 aliphatic heterocycles. The maximum atomic E-state index is 12.9. The van der Waals surface area contributed by atoms with Crippen LogP contribution in [0, 0.1) is 5.82 Å². The molecule has 0 N–H and O–H groups in total. The normalized spacial score (nSPS) is 15.5. The molecule has 7 nitrogen and oxygen atoms in total. The molecule has 1 saturated heterocycles. The van der Waals surface area contributed by atoms with E-state index in [2.05, 4.69) is 30.1 Å². The largest absolute Gasteiger partial charge is 0.353 e. The van der Waals surface area contributed by atoms with Crippen LogP contribution in [-0.2, 0) is 0 Å². The zero-order valence-electron chi connectivity index (χ0n) is 11.8. The zero-order chi connectivity index (χ0) is 14.9. The second kappa shape index (κ2) is 5.21. The molecule has 0 aromatic carbocycles. The lowest BCUT2D eigenvalue weighted by Crippen LogP contribution is -2.47. The van der Waals surface area contributed by atoms with Gasteiger partial charge < -0.3 is 9.80 Å². The molecule has 4 heterocycles. The summed E-state index contributed by atoms with van der Waals surface area (Å²) in [4.78, 5) is 8.48. The summed E-state index contributed by atoms with van der Waals surface area (Å²) >= 11 is 0. The first-order valence-corrected chi connectivity index (χ1v) is 7.08. The van der Waals surface area contributed by atoms with E-state index < -0.39 is 0 Å². The summed E-state index contributed by atoms with van der Waals surface area (Å²) in [5.74, 6) is 1.40. The SMILES string of the molecule is Fc1ccc(N2CCN(c3ccc4nncn4n3)CC2)nc1. The summed E-state index contributed by atoms with van der Waals surface area (Å²) in [7, 11) is 0. The third-order valence-corrected chi connectivity index (χ3v) is 3.79. The number of halogens is 1. The number of hydrogen-bond donors (Lipinski definition) is 0. The Hall–Kier alpha value is -2.77. The van der Waals surface area contributed by atoms with Gasteiger partial charge >= 0.3 is 0 Å². The van der Waals surface area contributed by atoms with E-state index in [1.54, 1.807) is 16.9 Å². The zero-order valence-corrected chi connectivity index (χ0v) is 11.8. The van der Waals surface area contributed by atoms with Gasteiger partial charge in [0.1, 0.15) is 23.8 Å². The summed E-state index contributed by atoms with van der Waals surface area (Å²) in [5.41, 5.74) is 0.734. The predicted octanol–water partition coefficient (Wildman–Crippen LogP) is 0.985. The van der Waals surface area contributed by atoms with Crippen molar-refractivity contribution in [2.24, 2.45) is 0 Å². The Labute approximate surface area is 126 Å². The molecule has 0 amide bonds. The Morgan fingerprint density at radius 1 is 0.909 bits per heavy atom. The number of anilines is 2. The Bertz CT molecular complexity index is 777. The van der Waals surface area contributed by atoms with Gasteiger partial charge in [-0.05, 0) is 24.3 Å². The summed E-state index contributed by atoms with van der Waals surface area (Å²) < 4.78 is 14.6. The topological polar surface area (TPSA) is 62.5 Å². The Morgan fingerprint density at radius 2 is 1.64 bits per heavy atom. The van der Waals surface area contributed by atoms with Gasteiger partial charge in [-0.15, -0.1) is 15.3 Å².